The van der Waals surface area contributed by atoms with Crippen LogP contribution in [0.4, 0.5) is 0 Å². The summed E-state index contributed by atoms with van der Waals surface area (Å²) in [6, 6.07) is 3.34. The van der Waals surface area contributed by atoms with Crippen LogP contribution in [0.3, 0.4) is 0 Å². The van der Waals surface area contributed by atoms with Gasteiger partial charge in [-0.2, -0.15) is 0 Å². The molecular weight excluding hydrogens is 246 g/mol. The van der Waals surface area contributed by atoms with Crippen LogP contribution >= 0.6 is 0 Å². The molecule has 4 N–H and O–H groups in total. The van der Waals surface area contributed by atoms with E-state index in [1.807, 2.05) is 16.8 Å². The van der Waals surface area contributed by atoms with Gasteiger partial charge < -0.3 is 25.4 Å². The lowest BCUT2D eigenvalue weighted by molar-refractivity contribution is 0.0866. The van der Waals surface area contributed by atoms with Crippen molar-refractivity contribution in [3.8, 4) is 0 Å². The van der Waals surface area contributed by atoms with E-state index in [0.717, 1.165) is 25.9 Å². The van der Waals surface area contributed by atoms with E-state index in [2.05, 4.69) is 10.6 Å². The van der Waals surface area contributed by atoms with E-state index in [0.29, 0.717) is 11.7 Å². The maximum absolute atomic E-state index is 12.1. The number of hydrogen-bond acceptors (Lipinski definition) is 4. The topological polar surface area (TPSA) is 86.5 Å². The van der Waals surface area contributed by atoms with Crippen LogP contribution in [-0.4, -0.2) is 53.0 Å². The van der Waals surface area contributed by atoms with Crippen LogP contribution in [0.15, 0.2) is 18.3 Å². The minimum Gasteiger partial charge on any atom is -0.394 e. The number of aliphatic hydroxyl groups excluding tert-OH is 2. The van der Waals surface area contributed by atoms with E-state index in [9.17, 15) is 4.79 Å². The number of carbonyl (C=O) groups excluding carboxylic acids is 1. The molecule has 0 aromatic carbocycles. The average molecular weight is 267 g/mol. The molecule has 0 saturated carbocycles. The third kappa shape index (κ3) is 3.34. The molecule has 1 aliphatic heterocycles. The summed E-state index contributed by atoms with van der Waals surface area (Å²) < 4.78 is 1.99. The fourth-order valence-electron chi connectivity index (χ4n) is 2.40. The van der Waals surface area contributed by atoms with E-state index in [1.54, 1.807) is 6.07 Å². The highest BCUT2D eigenvalue weighted by Crippen LogP contribution is 2.21. The molecule has 1 saturated heterocycles. The second-order valence-electron chi connectivity index (χ2n) is 4.82. The van der Waals surface area contributed by atoms with Crippen LogP contribution in [0.5, 0.6) is 0 Å². The number of hydrogen-bond donors (Lipinski definition) is 4. The normalized spacial score (nSPS) is 16.8. The quantitative estimate of drug-likeness (QED) is 0.579. The van der Waals surface area contributed by atoms with Gasteiger partial charge in [0.15, 0.2) is 0 Å². The van der Waals surface area contributed by atoms with Crippen molar-refractivity contribution in [3.05, 3.63) is 24.0 Å². The number of nitrogens with zero attached hydrogens (tertiary/aromatic N) is 1. The predicted octanol–water partition coefficient (Wildman–Crippen LogP) is -0.504. The molecule has 0 atom stereocenters. The monoisotopic (exact) mass is 267 g/mol. The highest BCUT2D eigenvalue weighted by molar-refractivity contribution is 5.93. The molecule has 2 rings (SSSR count). The molecule has 106 valence electrons. The molecule has 0 aliphatic carbocycles. The molecule has 0 radical (unpaired) electrons. The average Bonchev–Trinajstić information content (AvgIpc) is 2.95. The third-order valence-corrected chi connectivity index (χ3v) is 3.49. The highest BCUT2D eigenvalue weighted by Gasteiger charge is 2.21. The van der Waals surface area contributed by atoms with Gasteiger partial charge in [0.05, 0.1) is 19.3 Å². The maximum Gasteiger partial charge on any atom is 0.268 e. The zero-order chi connectivity index (χ0) is 13.7. The van der Waals surface area contributed by atoms with Gasteiger partial charge in [0.1, 0.15) is 5.69 Å². The zero-order valence-electron chi connectivity index (χ0n) is 10.9. The number of rotatable bonds is 5. The third-order valence-electron chi connectivity index (χ3n) is 3.49. The lowest BCUT2D eigenvalue weighted by atomic mass is 10.1. The summed E-state index contributed by atoms with van der Waals surface area (Å²) >= 11 is 0. The molecular formula is C13H21N3O3. The fraction of sp³-hybridized carbons (Fsp3) is 0.615. The Morgan fingerprint density at radius 3 is 2.74 bits per heavy atom. The van der Waals surface area contributed by atoms with Gasteiger partial charge in [-0.1, -0.05) is 0 Å². The first-order valence-electron chi connectivity index (χ1n) is 6.66. The van der Waals surface area contributed by atoms with Crippen LogP contribution in [0.2, 0.25) is 0 Å². The molecule has 19 heavy (non-hydrogen) atoms. The van der Waals surface area contributed by atoms with E-state index in [-0.39, 0.29) is 19.1 Å². The number of amides is 1. The molecule has 0 bridgehead atoms. The predicted molar refractivity (Wildman–Crippen MR) is 71.0 cm³/mol. The SMILES string of the molecule is O=C(NC(CO)CO)c1cccn1C1CCNCC1. The van der Waals surface area contributed by atoms with Crippen molar-refractivity contribution in [2.75, 3.05) is 26.3 Å². The van der Waals surface area contributed by atoms with Crippen molar-refractivity contribution in [1.82, 2.24) is 15.2 Å². The summed E-state index contributed by atoms with van der Waals surface area (Å²) in [5.41, 5.74) is 0.582. The second kappa shape index (κ2) is 6.70. The Bertz CT molecular complexity index is 409. The Kier molecular flexibility index (Phi) is 4.95. The summed E-state index contributed by atoms with van der Waals surface area (Å²) in [6.45, 7) is 1.38. The largest absolute Gasteiger partial charge is 0.394 e. The minimum atomic E-state index is -0.608. The lowest BCUT2D eigenvalue weighted by Gasteiger charge is -2.26. The van der Waals surface area contributed by atoms with Gasteiger partial charge in [-0.05, 0) is 38.1 Å². The summed E-state index contributed by atoms with van der Waals surface area (Å²) in [7, 11) is 0. The van der Waals surface area contributed by atoms with Gasteiger partial charge in [0.2, 0.25) is 0 Å². The van der Waals surface area contributed by atoms with Crippen LogP contribution in [0.25, 0.3) is 0 Å². The van der Waals surface area contributed by atoms with Gasteiger partial charge in [-0.15, -0.1) is 0 Å². The lowest BCUT2D eigenvalue weighted by Crippen LogP contribution is -2.41. The summed E-state index contributed by atoms with van der Waals surface area (Å²) in [6.07, 6.45) is 3.91. The fourth-order valence-corrected chi connectivity index (χ4v) is 2.40. The summed E-state index contributed by atoms with van der Waals surface area (Å²) in [5, 5.41) is 23.9. The van der Waals surface area contributed by atoms with Crippen molar-refractivity contribution in [1.29, 1.82) is 0 Å². The Balaban J connectivity index is 2.07. The molecule has 1 aromatic heterocycles. The Morgan fingerprint density at radius 2 is 2.11 bits per heavy atom. The second-order valence-corrected chi connectivity index (χ2v) is 4.82. The van der Waals surface area contributed by atoms with Crippen molar-refractivity contribution in [2.45, 2.75) is 24.9 Å². The van der Waals surface area contributed by atoms with E-state index in [1.165, 1.54) is 0 Å². The number of carbonyl (C=O) groups is 1. The number of aromatic nitrogens is 1. The van der Waals surface area contributed by atoms with Crippen LogP contribution < -0.4 is 10.6 Å². The minimum absolute atomic E-state index is 0.253. The number of aliphatic hydroxyl groups is 2. The van der Waals surface area contributed by atoms with Crippen LogP contribution in [0, 0.1) is 0 Å². The molecule has 1 aliphatic rings. The molecule has 0 unspecified atom stereocenters. The highest BCUT2D eigenvalue weighted by atomic mass is 16.3. The maximum atomic E-state index is 12.1. The van der Waals surface area contributed by atoms with E-state index in [4.69, 9.17) is 10.2 Å². The molecule has 0 spiro atoms. The Labute approximate surface area is 112 Å². The van der Waals surface area contributed by atoms with E-state index < -0.39 is 6.04 Å². The van der Waals surface area contributed by atoms with Gasteiger partial charge in [-0.3, -0.25) is 4.79 Å². The number of nitrogens with one attached hydrogen (secondary N) is 2. The van der Waals surface area contributed by atoms with Crippen molar-refractivity contribution >= 4 is 5.91 Å². The van der Waals surface area contributed by atoms with Crippen molar-refractivity contribution in [2.24, 2.45) is 0 Å². The standard InChI is InChI=1S/C13H21N3O3/c17-8-10(9-18)15-13(19)12-2-1-7-16(12)11-3-5-14-6-4-11/h1-2,7,10-11,14,17-18H,3-6,8-9H2,(H,15,19). The van der Waals surface area contributed by atoms with E-state index >= 15 is 0 Å². The molecule has 6 heteroatoms. The molecule has 2 heterocycles. The zero-order valence-corrected chi connectivity index (χ0v) is 10.9. The summed E-state index contributed by atoms with van der Waals surface area (Å²) in [5.74, 6) is -0.253. The summed E-state index contributed by atoms with van der Waals surface area (Å²) in [4.78, 5) is 12.1. The van der Waals surface area contributed by atoms with Gasteiger partial charge in [-0.25, -0.2) is 0 Å². The first-order valence-corrected chi connectivity index (χ1v) is 6.66. The molecule has 6 nitrogen and oxygen atoms in total. The molecule has 1 aromatic rings. The Hall–Kier alpha value is -1.37. The van der Waals surface area contributed by atoms with Crippen molar-refractivity contribution in [3.63, 3.8) is 0 Å². The van der Waals surface area contributed by atoms with Crippen LogP contribution in [0.1, 0.15) is 29.4 Å². The van der Waals surface area contributed by atoms with Crippen molar-refractivity contribution < 1.29 is 15.0 Å². The Morgan fingerprint density at radius 1 is 1.42 bits per heavy atom. The first kappa shape index (κ1) is 14.0. The first-order chi connectivity index (χ1) is 9.26. The molecule has 1 fully saturated rings. The molecule has 1 amide bonds. The number of piperidine rings is 1. The van der Waals surface area contributed by atoms with Gasteiger partial charge in [0, 0.05) is 12.2 Å². The smallest absolute Gasteiger partial charge is 0.268 e. The van der Waals surface area contributed by atoms with Crippen LogP contribution in [-0.2, 0) is 0 Å². The van der Waals surface area contributed by atoms with Gasteiger partial charge in [0.25, 0.3) is 5.91 Å². The van der Waals surface area contributed by atoms with Gasteiger partial charge >= 0.3 is 0 Å².